The van der Waals surface area contributed by atoms with Crippen molar-refractivity contribution in [2.24, 2.45) is 0 Å². The topological polar surface area (TPSA) is 29.5 Å². The summed E-state index contributed by atoms with van der Waals surface area (Å²) in [7, 11) is 0. The smallest absolute Gasteiger partial charge is 0.246 e. The molecule has 0 saturated carbocycles. The van der Waals surface area contributed by atoms with Crippen LogP contribution in [0.25, 0.3) is 0 Å². The number of hydrogen-bond acceptors (Lipinski definition) is 2. The third-order valence-corrected chi connectivity index (χ3v) is 3.12. The van der Waals surface area contributed by atoms with Gasteiger partial charge in [0.15, 0.2) is 0 Å². The standard InChI is InChI=1S/C14H25NO2/c1-4-17-15-13(3)11-12(2)9-7-5-6-8-10-14(15)16/h9,13H,4-8,10-11H2,1-3H3/b12-9-. The first kappa shape index (κ1) is 14.2. The van der Waals surface area contributed by atoms with Gasteiger partial charge < -0.3 is 0 Å². The maximum absolute atomic E-state index is 12.0. The number of hydroxylamine groups is 2. The monoisotopic (exact) mass is 239 g/mol. The Balaban J connectivity index is 2.72. The van der Waals surface area contributed by atoms with Gasteiger partial charge in [-0.1, -0.05) is 18.1 Å². The van der Waals surface area contributed by atoms with Gasteiger partial charge in [0.25, 0.3) is 0 Å². The largest absolute Gasteiger partial charge is 0.273 e. The highest BCUT2D eigenvalue weighted by molar-refractivity contribution is 5.75. The highest BCUT2D eigenvalue weighted by Crippen LogP contribution is 2.17. The molecule has 1 aliphatic heterocycles. The van der Waals surface area contributed by atoms with Crippen molar-refractivity contribution in [1.29, 1.82) is 0 Å². The van der Waals surface area contributed by atoms with Crippen molar-refractivity contribution in [1.82, 2.24) is 5.06 Å². The quantitative estimate of drug-likeness (QED) is 0.691. The van der Waals surface area contributed by atoms with E-state index in [-0.39, 0.29) is 11.9 Å². The maximum atomic E-state index is 12.0. The van der Waals surface area contributed by atoms with Crippen LogP contribution in [0.15, 0.2) is 11.6 Å². The average molecular weight is 239 g/mol. The minimum Gasteiger partial charge on any atom is -0.273 e. The summed E-state index contributed by atoms with van der Waals surface area (Å²) in [6.45, 7) is 6.68. The van der Waals surface area contributed by atoms with E-state index in [1.807, 2.05) is 6.92 Å². The molecular formula is C14H25NO2. The molecule has 0 N–H and O–H groups in total. The van der Waals surface area contributed by atoms with Crippen LogP contribution < -0.4 is 0 Å². The van der Waals surface area contributed by atoms with Crippen LogP contribution in [0.5, 0.6) is 0 Å². The van der Waals surface area contributed by atoms with Gasteiger partial charge in [0.05, 0.1) is 12.6 Å². The van der Waals surface area contributed by atoms with Gasteiger partial charge in [-0.25, -0.2) is 5.06 Å². The average Bonchev–Trinajstić information content (AvgIpc) is 2.31. The van der Waals surface area contributed by atoms with Gasteiger partial charge in [-0.2, -0.15) is 0 Å². The Labute approximate surface area is 105 Å². The van der Waals surface area contributed by atoms with E-state index in [0.29, 0.717) is 13.0 Å². The highest BCUT2D eigenvalue weighted by Gasteiger charge is 2.21. The fourth-order valence-corrected chi connectivity index (χ4v) is 2.27. The number of rotatable bonds is 2. The first-order valence-electron chi connectivity index (χ1n) is 6.75. The Morgan fingerprint density at radius 2 is 2.18 bits per heavy atom. The van der Waals surface area contributed by atoms with E-state index in [2.05, 4.69) is 19.9 Å². The number of amides is 1. The van der Waals surface area contributed by atoms with E-state index in [4.69, 9.17) is 4.84 Å². The number of allylic oxidation sites excluding steroid dienone is 1. The van der Waals surface area contributed by atoms with Crippen LogP contribution in [0.4, 0.5) is 0 Å². The summed E-state index contributed by atoms with van der Waals surface area (Å²) in [5, 5.41) is 1.59. The van der Waals surface area contributed by atoms with Gasteiger partial charge in [-0.3, -0.25) is 9.63 Å². The van der Waals surface area contributed by atoms with E-state index in [9.17, 15) is 4.79 Å². The molecule has 1 atom stereocenters. The molecule has 17 heavy (non-hydrogen) atoms. The van der Waals surface area contributed by atoms with E-state index in [1.165, 1.54) is 12.0 Å². The number of carbonyl (C=O) groups excluding carboxylic acids is 1. The van der Waals surface area contributed by atoms with Gasteiger partial charge in [0, 0.05) is 6.42 Å². The van der Waals surface area contributed by atoms with Crippen molar-refractivity contribution in [2.75, 3.05) is 6.61 Å². The molecular weight excluding hydrogens is 214 g/mol. The number of carbonyl (C=O) groups is 1. The Bertz CT molecular complexity index is 273. The molecule has 3 nitrogen and oxygen atoms in total. The van der Waals surface area contributed by atoms with Crippen molar-refractivity contribution < 1.29 is 9.63 Å². The molecule has 1 aliphatic rings. The molecule has 0 spiro atoms. The number of nitrogens with zero attached hydrogens (tertiary/aromatic N) is 1. The van der Waals surface area contributed by atoms with Gasteiger partial charge in [0.2, 0.25) is 5.91 Å². The summed E-state index contributed by atoms with van der Waals surface area (Å²) in [5.74, 6) is 0.133. The molecule has 1 rings (SSSR count). The minimum atomic E-state index is 0.133. The van der Waals surface area contributed by atoms with Gasteiger partial charge >= 0.3 is 0 Å². The molecule has 1 unspecified atom stereocenters. The molecule has 98 valence electrons. The first-order chi connectivity index (χ1) is 8.15. The van der Waals surface area contributed by atoms with Crippen molar-refractivity contribution in [2.45, 2.75) is 65.3 Å². The lowest BCUT2D eigenvalue weighted by atomic mass is 10.1. The molecule has 0 saturated heterocycles. The second-order valence-electron chi connectivity index (χ2n) is 4.84. The zero-order valence-electron chi connectivity index (χ0n) is 11.4. The molecule has 1 amide bonds. The Morgan fingerprint density at radius 1 is 1.41 bits per heavy atom. The van der Waals surface area contributed by atoms with Crippen molar-refractivity contribution in [3.63, 3.8) is 0 Å². The lowest BCUT2D eigenvalue weighted by Gasteiger charge is -2.28. The normalized spacial score (nSPS) is 27.2. The van der Waals surface area contributed by atoms with Crippen molar-refractivity contribution in [3.05, 3.63) is 11.6 Å². The molecule has 0 fully saturated rings. The molecule has 0 aromatic rings. The first-order valence-corrected chi connectivity index (χ1v) is 6.75. The van der Waals surface area contributed by atoms with Crippen LogP contribution in [0, 0.1) is 0 Å². The minimum absolute atomic E-state index is 0.133. The van der Waals surface area contributed by atoms with E-state index in [0.717, 1.165) is 25.7 Å². The summed E-state index contributed by atoms with van der Waals surface area (Å²) in [4.78, 5) is 17.5. The fourth-order valence-electron chi connectivity index (χ4n) is 2.27. The summed E-state index contributed by atoms with van der Waals surface area (Å²) in [6.07, 6.45) is 8.26. The Kier molecular flexibility index (Phi) is 6.27. The van der Waals surface area contributed by atoms with Gasteiger partial charge in [-0.05, 0) is 46.5 Å². The lowest BCUT2D eigenvalue weighted by Crippen LogP contribution is -2.38. The van der Waals surface area contributed by atoms with Gasteiger partial charge in [-0.15, -0.1) is 0 Å². The third kappa shape index (κ3) is 4.90. The predicted octanol–water partition coefficient (Wildman–Crippen LogP) is 3.46. The molecule has 0 bridgehead atoms. The van der Waals surface area contributed by atoms with Crippen molar-refractivity contribution >= 4 is 5.91 Å². The summed E-state index contributed by atoms with van der Waals surface area (Å²) in [6, 6.07) is 0.136. The Morgan fingerprint density at radius 3 is 2.88 bits per heavy atom. The second-order valence-corrected chi connectivity index (χ2v) is 4.84. The maximum Gasteiger partial charge on any atom is 0.246 e. The SMILES string of the molecule is CCON1C(=O)CCCCC/C=C(/C)CC1C. The molecule has 1 heterocycles. The summed E-state index contributed by atoms with van der Waals surface area (Å²) in [5.41, 5.74) is 1.36. The van der Waals surface area contributed by atoms with Crippen LogP contribution in [0.1, 0.15) is 59.3 Å². The van der Waals surface area contributed by atoms with E-state index in [1.54, 1.807) is 5.06 Å². The fraction of sp³-hybridized carbons (Fsp3) is 0.786. The van der Waals surface area contributed by atoms with Gasteiger partial charge in [0.1, 0.15) is 0 Å². The van der Waals surface area contributed by atoms with Crippen LogP contribution in [0.2, 0.25) is 0 Å². The van der Waals surface area contributed by atoms with Crippen LogP contribution in [-0.4, -0.2) is 23.6 Å². The third-order valence-electron chi connectivity index (χ3n) is 3.12. The van der Waals surface area contributed by atoms with E-state index < -0.39 is 0 Å². The zero-order chi connectivity index (χ0) is 12.7. The lowest BCUT2D eigenvalue weighted by molar-refractivity contribution is -0.196. The highest BCUT2D eigenvalue weighted by atomic mass is 16.7. The Hall–Kier alpha value is -0.830. The van der Waals surface area contributed by atoms with Crippen LogP contribution in [-0.2, 0) is 9.63 Å². The number of hydrogen-bond donors (Lipinski definition) is 0. The second kappa shape index (κ2) is 7.49. The summed E-state index contributed by atoms with van der Waals surface area (Å²) < 4.78 is 0. The molecule has 0 radical (unpaired) electrons. The van der Waals surface area contributed by atoms with Crippen molar-refractivity contribution in [3.8, 4) is 0 Å². The predicted molar refractivity (Wildman–Crippen MR) is 69.4 cm³/mol. The zero-order valence-corrected chi connectivity index (χ0v) is 11.4. The molecule has 0 aromatic carbocycles. The molecule has 0 aliphatic carbocycles. The molecule has 3 heteroatoms. The van der Waals surface area contributed by atoms with E-state index >= 15 is 0 Å². The van der Waals surface area contributed by atoms with Crippen LogP contribution >= 0.6 is 0 Å². The van der Waals surface area contributed by atoms with Crippen LogP contribution in [0.3, 0.4) is 0 Å². The summed E-state index contributed by atoms with van der Waals surface area (Å²) >= 11 is 0. The molecule has 0 aromatic heterocycles.